The van der Waals surface area contributed by atoms with E-state index in [0.717, 1.165) is 43.0 Å². The van der Waals surface area contributed by atoms with Gasteiger partial charge in [0.2, 0.25) is 0 Å². The van der Waals surface area contributed by atoms with Gasteiger partial charge in [0.25, 0.3) is 11.8 Å². The van der Waals surface area contributed by atoms with Gasteiger partial charge in [0.15, 0.2) is 12.6 Å². The Balaban J connectivity index is 1.45. The normalized spacial score (nSPS) is 19.7. The lowest BCUT2D eigenvalue weighted by atomic mass is 10.1. The summed E-state index contributed by atoms with van der Waals surface area (Å²) in [7, 11) is 0. The first-order chi connectivity index (χ1) is 14.3. The first-order valence-electron chi connectivity index (χ1n) is 10.4. The van der Waals surface area contributed by atoms with Crippen LogP contribution in [0.3, 0.4) is 0 Å². The number of carbonyl (C=O) groups is 2. The average Bonchev–Trinajstić information content (AvgIpc) is 2.73. The van der Waals surface area contributed by atoms with Crippen molar-refractivity contribution < 1.29 is 23.8 Å². The average molecular weight is 415 g/mol. The van der Waals surface area contributed by atoms with Crippen molar-refractivity contribution >= 4 is 23.2 Å². The maximum Gasteiger partial charge on any atom is 0.282 e. The van der Waals surface area contributed by atoms with Crippen LogP contribution < -0.4 is 20.4 Å². The molecule has 3 rings (SSSR count). The predicted octanol–water partition coefficient (Wildman–Crippen LogP) is 0.192. The number of piperazine rings is 1. The fourth-order valence-corrected chi connectivity index (χ4v) is 3.81. The minimum absolute atomic E-state index is 0.0178. The Morgan fingerprint density at radius 1 is 1.00 bits per heavy atom. The molecule has 2 amide bonds. The summed E-state index contributed by atoms with van der Waals surface area (Å²) >= 11 is 0. The van der Waals surface area contributed by atoms with Crippen LogP contribution in [0.15, 0.2) is 42.5 Å². The van der Waals surface area contributed by atoms with E-state index in [0.29, 0.717) is 12.2 Å². The molecule has 6 nitrogen and oxygen atoms in total. The van der Waals surface area contributed by atoms with E-state index < -0.39 is 0 Å². The maximum atomic E-state index is 13.0. The highest BCUT2D eigenvalue weighted by Gasteiger charge is 2.31. The van der Waals surface area contributed by atoms with E-state index in [9.17, 15) is 14.0 Å². The van der Waals surface area contributed by atoms with Crippen LogP contribution in [-0.2, 0) is 9.59 Å². The maximum absolute atomic E-state index is 13.0. The molecule has 2 aromatic rings. The Morgan fingerprint density at radius 2 is 1.67 bits per heavy atom. The molecule has 1 aliphatic heterocycles. The van der Waals surface area contributed by atoms with E-state index in [2.05, 4.69) is 10.6 Å². The van der Waals surface area contributed by atoms with Crippen molar-refractivity contribution in [2.75, 3.05) is 43.4 Å². The summed E-state index contributed by atoms with van der Waals surface area (Å²) in [5.74, 6) is -0.385. The lowest BCUT2D eigenvalue weighted by Gasteiger charge is -2.32. The smallest absolute Gasteiger partial charge is 0.282 e. The van der Waals surface area contributed by atoms with Crippen molar-refractivity contribution in [1.29, 1.82) is 0 Å². The Labute approximate surface area is 177 Å². The van der Waals surface area contributed by atoms with Crippen LogP contribution in [0.1, 0.15) is 18.1 Å². The van der Waals surface area contributed by atoms with E-state index >= 15 is 0 Å². The van der Waals surface area contributed by atoms with Crippen LogP contribution in [-0.4, -0.2) is 50.6 Å². The minimum Gasteiger partial charge on any atom is -0.321 e. The van der Waals surface area contributed by atoms with Gasteiger partial charge in [-0.3, -0.25) is 9.59 Å². The van der Waals surface area contributed by atoms with Gasteiger partial charge in [-0.25, -0.2) is 4.39 Å². The Bertz CT molecular complexity index is 893. The molecule has 0 radical (unpaired) electrons. The van der Waals surface area contributed by atoms with Gasteiger partial charge in [-0.05, 0) is 62.2 Å². The summed E-state index contributed by atoms with van der Waals surface area (Å²) in [6.07, 6.45) is 0. The van der Waals surface area contributed by atoms with Crippen molar-refractivity contribution in [2.24, 2.45) is 0 Å². The zero-order valence-electron chi connectivity index (χ0n) is 17.8. The minimum atomic E-state index is -0.327. The second-order valence-corrected chi connectivity index (χ2v) is 8.10. The van der Waals surface area contributed by atoms with Crippen LogP contribution in [0.4, 0.5) is 15.8 Å². The van der Waals surface area contributed by atoms with Crippen LogP contribution in [0.5, 0.6) is 0 Å². The lowest BCUT2D eigenvalue weighted by molar-refractivity contribution is -1.01. The molecule has 7 heteroatoms. The Morgan fingerprint density at radius 3 is 2.33 bits per heavy atom. The molecule has 1 atom stereocenters. The molecule has 4 N–H and O–H groups in total. The number of carbonyl (C=O) groups excluding carboxylic acids is 2. The number of hydrogen-bond donors (Lipinski definition) is 4. The zero-order chi connectivity index (χ0) is 21.7. The first-order valence-corrected chi connectivity index (χ1v) is 10.4. The third-order valence-corrected chi connectivity index (χ3v) is 6.01. The third-order valence-electron chi connectivity index (χ3n) is 6.01. The first kappa shape index (κ1) is 21.9. The highest BCUT2D eigenvalue weighted by atomic mass is 19.1. The molecule has 0 unspecified atom stereocenters. The lowest BCUT2D eigenvalue weighted by Crippen LogP contribution is -3.30. The van der Waals surface area contributed by atoms with Gasteiger partial charge < -0.3 is 20.4 Å². The fraction of sp³-hybridized carbons (Fsp3) is 0.391. The van der Waals surface area contributed by atoms with Gasteiger partial charge in [-0.1, -0.05) is 12.1 Å². The summed E-state index contributed by atoms with van der Waals surface area (Å²) in [5, 5.41) is 5.87. The molecule has 0 saturated carbocycles. The summed E-state index contributed by atoms with van der Waals surface area (Å²) < 4.78 is 13.0. The summed E-state index contributed by atoms with van der Waals surface area (Å²) in [6.45, 7) is 9.70. The van der Waals surface area contributed by atoms with E-state index in [1.807, 2.05) is 39.0 Å². The third kappa shape index (κ3) is 5.64. The highest BCUT2D eigenvalue weighted by molar-refractivity contribution is 5.93. The number of rotatable bonds is 6. The quantitative estimate of drug-likeness (QED) is 0.545. The van der Waals surface area contributed by atoms with Gasteiger partial charge in [0.1, 0.15) is 32.0 Å². The molecule has 160 valence electrons. The van der Waals surface area contributed by atoms with Crippen LogP contribution in [0.2, 0.25) is 0 Å². The standard InChI is InChI=1S/C23H29FN4O2/c1-16-5-4-6-21(17(16)2)26-22(29)15-27-11-13-28(14-12-27)18(3)23(30)25-20-9-7-19(24)8-10-20/h4-10,18H,11-15H2,1-3H3,(H,25,30)(H,26,29)/p+2/t18-/m0/s1. The second kappa shape index (κ2) is 9.82. The molecule has 30 heavy (non-hydrogen) atoms. The largest absolute Gasteiger partial charge is 0.321 e. The summed E-state index contributed by atoms with van der Waals surface area (Å²) in [5.41, 5.74) is 3.72. The number of halogens is 1. The van der Waals surface area contributed by atoms with Crippen molar-refractivity contribution in [1.82, 2.24) is 0 Å². The highest BCUT2D eigenvalue weighted by Crippen LogP contribution is 2.17. The number of anilines is 2. The van der Waals surface area contributed by atoms with Crippen LogP contribution in [0.25, 0.3) is 0 Å². The fourth-order valence-electron chi connectivity index (χ4n) is 3.81. The SMILES string of the molecule is Cc1cccc(NC(=O)C[NH+]2CC[NH+]([C@@H](C)C(=O)Nc3ccc(F)cc3)CC2)c1C. The van der Waals surface area contributed by atoms with E-state index in [1.165, 1.54) is 21.9 Å². The second-order valence-electron chi connectivity index (χ2n) is 8.10. The number of nitrogens with one attached hydrogen (secondary N) is 4. The molecule has 1 saturated heterocycles. The molecule has 0 aliphatic carbocycles. The van der Waals surface area contributed by atoms with Crippen molar-refractivity contribution in [3.63, 3.8) is 0 Å². The van der Waals surface area contributed by atoms with Crippen molar-refractivity contribution in [3.05, 3.63) is 59.4 Å². The van der Waals surface area contributed by atoms with Gasteiger partial charge in [0.05, 0.1) is 0 Å². The van der Waals surface area contributed by atoms with E-state index in [1.54, 1.807) is 12.1 Å². The van der Waals surface area contributed by atoms with Crippen LogP contribution >= 0.6 is 0 Å². The predicted molar refractivity (Wildman–Crippen MR) is 115 cm³/mol. The number of amides is 2. The molecule has 2 aromatic carbocycles. The molecule has 1 fully saturated rings. The summed E-state index contributed by atoms with van der Waals surface area (Å²) in [4.78, 5) is 27.4. The van der Waals surface area contributed by atoms with Gasteiger partial charge in [-0.15, -0.1) is 0 Å². The molecule has 0 aromatic heterocycles. The zero-order valence-corrected chi connectivity index (χ0v) is 17.8. The van der Waals surface area contributed by atoms with Crippen molar-refractivity contribution in [2.45, 2.75) is 26.8 Å². The topological polar surface area (TPSA) is 67.1 Å². The molecule has 0 bridgehead atoms. The molecular formula is C23H31FN4O2+2. The monoisotopic (exact) mass is 414 g/mol. The van der Waals surface area contributed by atoms with Crippen LogP contribution in [0, 0.1) is 19.7 Å². The molecule has 0 spiro atoms. The Kier molecular flexibility index (Phi) is 7.18. The Hall–Kier alpha value is -2.77. The number of hydrogen-bond acceptors (Lipinski definition) is 2. The number of quaternary nitrogens is 2. The van der Waals surface area contributed by atoms with E-state index in [-0.39, 0.29) is 23.7 Å². The van der Waals surface area contributed by atoms with Gasteiger partial charge in [0, 0.05) is 11.4 Å². The van der Waals surface area contributed by atoms with Crippen molar-refractivity contribution in [3.8, 4) is 0 Å². The van der Waals surface area contributed by atoms with Gasteiger partial charge in [-0.2, -0.15) is 0 Å². The molecule has 1 heterocycles. The van der Waals surface area contributed by atoms with Gasteiger partial charge >= 0.3 is 0 Å². The molecule has 1 aliphatic rings. The van der Waals surface area contributed by atoms with E-state index in [4.69, 9.17) is 0 Å². The number of benzene rings is 2. The summed E-state index contributed by atoms with van der Waals surface area (Å²) in [6, 6.07) is 11.5. The number of aryl methyl sites for hydroxylation is 1. The molecular weight excluding hydrogens is 383 g/mol.